The highest BCUT2D eigenvalue weighted by atomic mass is 32.2. The smallest absolute Gasteiger partial charge is 0.257 e. The number of hydrogen-bond acceptors (Lipinski definition) is 4. The number of halogens is 1. The average molecular weight is 362 g/mol. The SMILES string of the molecule is O=C(CCSc1ccccc1F)N1CCN(C(=O)c2ccoc2)CC1. The summed E-state index contributed by atoms with van der Waals surface area (Å²) in [5.41, 5.74) is 0.529. The van der Waals surface area contributed by atoms with Crippen molar-refractivity contribution in [3.8, 4) is 0 Å². The minimum Gasteiger partial charge on any atom is -0.472 e. The molecule has 1 saturated heterocycles. The maximum atomic E-state index is 13.5. The van der Waals surface area contributed by atoms with Crippen LogP contribution in [0.3, 0.4) is 0 Å². The van der Waals surface area contributed by atoms with Crippen LogP contribution in [0.1, 0.15) is 16.8 Å². The van der Waals surface area contributed by atoms with Gasteiger partial charge in [-0.25, -0.2) is 4.39 Å². The fourth-order valence-corrected chi connectivity index (χ4v) is 3.57. The van der Waals surface area contributed by atoms with E-state index in [4.69, 9.17) is 4.42 Å². The van der Waals surface area contributed by atoms with Crippen LogP contribution in [-0.2, 0) is 4.79 Å². The Hall–Kier alpha value is -2.28. The van der Waals surface area contributed by atoms with Crippen molar-refractivity contribution < 1.29 is 18.4 Å². The molecule has 0 spiro atoms. The molecule has 0 unspecified atom stereocenters. The van der Waals surface area contributed by atoms with E-state index in [1.54, 1.807) is 34.1 Å². The van der Waals surface area contributed by atoms with Gasteiger partial charge in [-0.3, -0.25) is 9.59 Å². The van der Waals surface area contributed by atoms with Crippen LogP contribution in [0, 0.1) is 5.82 Å². The van der Waals surface area contributed by atoms with E-state index in [0.717, 1.165) is 0 Å². The lowest BCUT2D eigenvalue weighted by molar-refractivity contribution is -0.132. The molecule has 1 aliphatic heterocycles. The van der Waals surface area contributed by atoms with Gasteiger partial charge < -0.3 is 14.2 Å². The van der Waals surface area contributed by atoms with E-state index in [-0.39, 0.29) is 17.6 Å². The van der Waals surface area contributed by atoms with E-state index < -0.39 is 0 Å². The van der Waals surface area contributed by atoms with Crippen LogP contribution in [-0.4, -0.2) is 53.5 Å². The topological polar surface area (TPSA) is 53.8 Å². The Kier molecular flexibility index (Phi) is 5.75. The van der Waals surface area contributed by atoms with Crippen molar-refractivity contribution in [1.82, 2.24) is 9.80 Å². The summed E-state index contributed by atoms with van der Waals surface area (Å²) >= 11 is 1.35. The van der Waals surface area contributed by atoms with E-state index in [0.29, 0.717) is 48.8 Å². The number of thioether (sulfide) groups is 1. The molecule has 0 saturated carbocycles. The normalized spacial score (nSPS) is 14.6. The molecule has 5 nitrogen and oxygen atoms in total. The Morgan fingerprint density at radius 3 is 2.48 bits per heavy atom. The number of piperazine rings is 1. The van der Waals surface area contributed by atoms with Gasteiger partial charge in [-0.1, -0.05) is 12.1 Å². The highest BCUT2D eigenvalue weighted by molar-refractivity contribution is 7.99. The van der Waals surface area contributed by atoms with Crippen molar-refractivity contribution in [3.05, 3.63) is 54.2 Å². The molecule has 0 N–H and O–H groups in total. The molecule has 3 rings (SSSR count). The van der Waals surface area contributed by atoms with Gasteiger partial charge in [-0.15, -0.1) is 11.8 Å². The van der Waals surface area contributed by atoms with Crippen LogP contribution >= 0.6 is 11.8 Å². The predicted molar refractivity (Wildman–Crippen MR) is 92.9 cm³/mol. The van der Waals surface area contributed by atoms with Gasteiger partial charge in [-0.2, -0.15) is 0 Å². The Morgan fingerprint density at radius 1 is 1.08 bits per heavy atom. The molecule has 1 aliphatic rings. The molecule has 2 heterocycles. The highest BCUT2D eigenvalue weighted by Gasteiger charge is 2.25. The van der Waals surface area contributed by atoms with E-state index in [1.165, 1.54) is 30.4 Å². The summed E-state index contributed by atoms with van der Waals surface area (Å²) < 4.78 is 18.5. The van der Waals surface area contributed by atoms with Crippen molar-refractivity contribution in [2.24, 2.45) is 0 Å². The second-order valence-electron chi connectivity index (χ2n) is 5.71. The van der Waals surface area contributed by atoms with Gasteiger partial charge in [0.15, 0.2) is 0 Å². The Morgan fingerprint density at radius 2 is 1.80 bits per heavy atom. The van der Waals surface area contributed by atoms with Gasteiger partial charge in [0.1, 0.15) is 12.1 Å². The number of furan rings is 1. The molecule has 1 fully saturated rings. The van der Waals surface area contributed by atoms with Crippen LogP contribution in [0.2, 0.25) is 0 Å². The molecule has 132 valence electrons. The summed E-state index contributed by atoms with van der Waals surface area (Å²) in [4.78, 5) is 28.6. The fourth-order valence-electron chi connectivity index (χ4n) is 2.70. The number of carbonyl (C=O) groups excluding carboxylic acids is 2. The van der Waals surface area contributed by atoms with Gasteiger partial charge >= 0.3 is 0 Å². The molecule has 0 radical (unpaired) electrons. The summed E-state index contributed by atoms with van der Waals surface area (Å²) in [6.07, 6.45) is 3.26. The predicted octanol–water partition coefficient (Wildman–Crippen LogP) is 2.89. The van der Waals surface area contributed by atoms with E-state index in [9.17, 15) is 14.0 Å². The van der Waals surface area contributed by atoms with Crippen molar-refractivity contribution in [3.63, 3.8) is 0 Å². The molecule has 0 aliphatic carbocycles. The van der Waals surface area contributed by atoms with Crippen LogP contribution in [0.5, 0.6) is 0 Å². The van der Waals surface area contributed by atoms with Gasteiger partial charge in [0.05, 0.1) is 11.8 Å². The van der Waals surface area contributed by atoms with Crippen molar-refractivity contribution >= 4 is 23.6 Å². The third-order valence-electron chi connectivity index (χ3n) is 4.10. The number of amides is 2. The zero-order chi connectivity index (χ0) is 17.6. The minimum absolute atomic E-state index is 0.0410. The van der Waals surface area contributed by atoms with Gasteiger partial charge in [0.2, 0.25) is 5.91 Å². The lowest BCUT2D eigenvalue weighted by Gasteiger charge is -2.34. The lowest BCUT2D eigenvalue weighted by Crippen LogP contribution is -2.50. The summed E-state index contributed by atoms with van der Waals surface area (Å²) in [7, 11) is 0. The first-order valence-electron chi connectivity index (χ1n) is 8.12. The zero-order valence-corrected chi connectivity index (χ0v) is 14.5. The largest absolute Gasteiger partial charge is 0.472 e. The molecule has 1 aromatic heterocycles. The van der Waals surface area contributed by atoms with E-state index >= 15 is 0 Å². The molecule has 2 amide bonds. The Labute approximate surface area is 149 Å². The van der Waals surface area contributed by atoms with E-state index in [2.05, 4.69) is 0 Å². The fraction of sp³-hybridized carbons (Fsp3) is 0.333. The number of rotatable bonds is 5. The lowest BCUT2D eigenvalue weighted by atomic mass is 10.2. The number of nitrogens with zero attached hydrogens (tertiary/aromatic N) is 2. The number of carbonyl (C=O) groups is 2. The standard InChI is InChI=1S/C18H19FN2O3S/c19-15-3-1-2-4-16(15)25-12-6-17(22)20-7-9-21(10-8-20)18(23)14-5-11-24-13-14/h1-5,11,13H,6-10,12H2. The maximum absolute atomic E-state index is 13.5. The second-order valence-corrected chi connectivity index (χ2v) is 6.85. The first-order valence-corrected chi connectivity index (χ1v) is 9.10. The molecular weight excluding hydrogens is 343 g/mol. The van der Waals surface area contributed by atoms with E-state index in [1.807, 2.05) is 0 Å². The van der Waals surface area contributed by atoms with Gasteiger partial charge in [-0.05, 0) is 18.2 Å². The monoisotopic (exact) mass is 362 g/mol. The van der Waals surface area contributed by atoms with Crippen molar-refractivity contribution in [2.75, 3.05) is 31.9 Å². The molecule has 7 heteroatoms. The van der Waals surface area contributed by atoms with Crippen molar-refractivity contribution in [2.45, 2.75) is 11.3 Å². The van der Waals surface area contributed by atoms with Gasteiger partial charge in [0, 0.05) is 43.2 Å². The summed E-state index contributed by atoms with van der Waals surface area (Å²) in [5.74, 6) is 0.245. The maximum Gasteiger partial charge on any atom is 0.257 e. The van der Waals surface area contributed by atoms with Gasteiger partial charge in [0.25, 0.3) is 5.91 Å². The molecule has 0 atom stereocenters. The third kappa shape index (κ3) is 4.42. The number of hydrogen-bond donors (Lipinski definition) is 0. The highest BCUT2D eigenvalue weighted by Crippen LogP contribution is 2.22. The Bertz CT molecular complexity index is 728. The van der Waals surface area contributed by atoms with Crippen LogP contribution in [0.15, 0.2) is 52.2 Å². The number of benzene rings is 1. The molecule has 2 aromatic rings. The second kappa shape index (κ2) is 8.20. The summed E-state index contributed by atoms with van der Waals surface area (Å²) in [6.45, 7) is 2.06. The van der Waals surface area contributed by atoms with Crippen molar-refractivity contribution in [1.29, 1.82) is 0 Å². The molecule has 0 bridgehead atoms. The summed E-state index contributed by atoms with van der Waals surface area (Å²) in [6, 6.07) is 8.20. The molecular formula is C18H19FN2O3S. The van der Waals surface area contributed by atoms with Crippen LogP contribution in [0.25, 0.3) is 0 Å². The molecule has 1 aromatic carbocycles. The quantitative estimate of drug-likeness (QED) is 0.768. The first kappa shape index (κ1) is 17.5. The average Bonchev–Trinajstić information content (AvgIpc) is 3.17. The molecule has 25 heavy (non-hydrogen) atoms. The van der Waals surface area contributed by atoms with Crippen LogP contribution < -0.4 is 0 Å². The minimum atomic E-state index is -0.258. The summed E-state index contributed by atoms with van der Waals surface area (Å²) in [5, 5.41) is 0. The zero-order valence-electron chi connectivity index (χ0n) is 13.7. The first-order chi connectivity index (χ1) is 12.1. The third-order valence-corrected chi connectivity index (χ3v) is 5.15. The van der Waals surface area contributed by atoms with Crippen LogP contribution in [0.4, 0.5) is 4.39 Å². The Balaban J connectivity index is 1.42.